The standard InChI is InChI=1S/C13H19N3O3S/c1-10(12-4-2-3-5-15-12)16-13(17)8-11-9-20(18,19)7-6-14-11/h2-5,10-11,14H,6-9H2,1H3,(H,16,17)/t10-,11?/m0/s1. The van der Waals surface area contributed by atoms with Crippen molar-refractivity contribution in [3.63, 3.8) is 0 Å². The molecular formula is C13H19N3O3S. The van der Waals surface area contributed by atoms with Gasteiger partial charge < -0.3 is 10.6 Å². The van der Waals surface area contributed by atoms with E-state index in [0.29, 0.717) is 6.54 Å². The number of sulfone groups is 1. The quantitative estimate of drug-likeness (QED) is 0.819. The highest BCUT2D eigenvalue weighted by Gasteiger charge is 2.26. The first-order valence-electron chi connectivity index (χ1n) is 6.60. The van der Waals surface area contributed by atoms with Crippen molar-refractivity contribution in [2.75, 3.05) is 18.1 Å². The molecule has 1 amide bonds. The van der Waals surface area contributed by atoms with Gasteiger partial charge in [-0.2, -0.15) is 0 Å². The predicted octanol–water partition coefficient (Wildman–Crippen LogP) is 0.0355. The first-order valence-corrected chi connectivity index (χ1v) is 8.42. The molecule has 7 heteroatoms. The van der Waals surface area contributed by atoms with Crippen molar-refractivity contribution in [2.45, 2.75) is 25.4 Å². The zero-order valence-corrected chi connectivity index (χ0v) is 12.2. The van der Waals surface area contributed by atoms with Gasteiger partial charge in [-0.15, -0.1) is 0 Å². The Morgan fingerprint density at radius 2 is 2.35 bits per heavy atom. The first kappa shape index (κ1) is 14.9. The van der Waals surface area contributed by atoms with Crippen LogP contribution in [-0.4, -0.2) is 43.4 Å². The molecule has 0 aromatic carbocycles. The van der Waals surface area contributed by atoms with Crippen LogP contribution in [0.1, 0.15) is 25.1 Å². The van der Waals surface area contributed by atoms with Crippen molar-refractivity contribution in [3.8, 4) is 0 Å². The maximum absolute atomic E-state index is 11.9. The highest BCUT2D eigenvalue weighted by atomic mass is 32.2. The third-order valence-electron chi connectivity index (χ3n) is 3.24. The monoisotopic (exact) mass is 297 g/mol. The van der Waals surface area contributed by atoms with Gasteiger partial charge in [-0.1, -0.05) is 6.07 Å². The Hall–Kier alpha value is -1.47. The summed E-state index contributed by atoms with van der Waals surface area (Å²) < 4.78 is 23.0. The third kappa shape index (κ3) is 4.28. The van der Waals surface area contributed by atoms with Gasteiger partial charge in [0.1, 0.15) is 0 Å². The van der Waals surface area contributed by atoms with Crippen LogP contribution >= 0.6 is 0 Å². The molecule has 1 saturated heterocycles. The first-order chi connectivity index (χ1) is 9.46. The van der Waals surface area contributed by atoms with Crippen LogP contribution in [-0.2, 0) is 14.6 Å². The molecular weight excluding hydrogens is 278 g/mol. The topological polar surface area (TPSA) is 88.2 Å². The van der Waals surface area contributed by atoms with Gasteiger partial charge in [-0.25, -0.2) is 8.42 Å². The molecule has 1 unspecified atom stereocenters. The van der Waals surface area contributed by atoms with Gasteiger partial charge in [0.2, 0.25) is 5.91 Å². The van der Waals surface area contributed by atoms with Crippen LogP contribution in [0.5, 0.6) is 0 Å². The van der Waals surface area contributed by atoms with Crippen LogP contribution in [0.25, 0.3) is 0 Å². The maximum atomic E-state index is 11.9. The Balaban J connectivity index is 1.86. The summed E-state index contributed by atoms with van der Waals surface area (Å²) in [5, 5.41) is 5.90. The molecule has 0 spiro atoms. The molecule has 2 atom stereocenters. The van der Waals surface area contributed by atoms with Gasteiger partial charge >= 0.3 is 0 Å². The zero-order chi connectivity index (χ0) is 14.6. The molecule has 1 fully saturated rings. The minimum Gasteiger partial charge on any atom is -0.348 e. The number of pyridine rings is 1. The van der Waals surface area contributed by atoms with E-state index in [1.807, 2.05) is 25.1 Å². The summed E-state index contributed by atoms with van der Waals surface area (Å²) in [7, 11) is -3.01. The number of nitrogens with one attached hydrogen (secondary N) is 2. The smallest absolute Gasteiger partial charge is 0.222 e. The van der Waals surface area contributed by atoms with Crippen LogP contribution in [0.15, 0.2) is 24.4 Å². The van der Waals surface area contributed by atoms with E-state index < -0.39 is 9.84 Å². The summed E-state index contributed by atoms with van der Waals surface area (Å²) in [4.78, 5) is 16.1. The summed E-state index contributed by atoms with van der Waals surface area (Å²) in [5.74, 6) is 0.00570. The van der Waals surface area contributed by atoms with E-state index in [4.69, 9.17) is 0 Å². The van der Waals surface area contributed by atoms with Crippen LogP contribution in [0.3, 0.4) is 0 Å². The highest BCUT2D eigenvalue weighted by molar-refractivity contribution is 7.91. The van der Waals surface area contributed by atoms with Crippen LogP contribution < -0.4 is 10.6 Å². The van der Waals surface area contributed by atoms with E-state index in [9.17, 15) is 13.2 Å². The van der Waals surface area contributed by atoms with Gasteiger partial charge in [-0.05, 0) is 19.1 Å². The molecule has 110 valence electrons. The molecule has 6 nitrogen and oxygen atoms in total. The number of rotatable bonds is 4. The molecule has 0 radical (unpaired) electrons. The lowest BCUT2D eigenvalue weighted by Crippen LogP contribution is -2.47. The average Bonchev–Trinajstić information content (AvgIpc) is 2.38. The van der Waals surface area contributed by atoms with Crippen LogP contribution in [0.4, 0.5) is 0 Å². The summed E-state index contributed by atoms with van der Waals surface area (Å²) in [6, 6.07) is 5.03. The Bertz CT molecular complexity index is 559. The maximum Gasteiger partial charge on any atom is 0.222 e. The lowest BCUT2D eigenvalue weighted by Gasteiger charge is -2.23. The molecule has 0 saturated carbocycles. The minimum atomic E-state index is -3.01. The van der Waals surface area contributed by atoms with E-state index in [1.165, 1.54) is 0 Å². The fourth-order valence-corrected chi connectivity index (χ4v) is 3.67. The Morgan fingerprint density at radius 3 is 3.00 bits per heavy atom. The van der Waals surface area contributed by atoms with Gasteiger partial charge in [0.05, 0.1) is 23.2 Å². The van der Waals surface area contributed by atoms with Crippen LogP contribution in [0, 0.1) is 0 Å². The van der Waals surface area contributed by atoms with Gasteiger partial charge in [0, 0.05) is 25.2 Å². The zero-order valence-electron chi connectivity index (χ0n) is 11.4. The number of carbonyl (C=O) groups is 1. The summed E-state index contributed by atoms with van der Waals surface area (Å²) >= 11 is 0. The number of hydrogen-bond donors (Lipinski definition) is 2. The Morgan fingerprint density at radius 1 is 1.55 bits per heavy atom. The normalized spacial score (nSPS) is 22.9. The summed E-state index contributed by atoms with van der Waals surface area (Å²) in [5.41, 5.74) is 0.782. The van der Waals surface area contributed by atoms with Crippen molar-refractivity contribution in [1.29, 1.82) is 0 Å². The molecule has 1 aromatic heterocycles. The number of nitrogens with zero attached hydrogens (tertiary/aromatic N) is 1. The Labute approximate surface area is 118 Å². The molecule has 1 aliphatic heterocycles. The molecule has 2 heterocycles. The van der Waals surface area contributed by atoms with Gasteiger partial charge in [-0.3, -0.25) is 9.78 Å². The van der Waals surface area contributed by atoms with Crippen molar-refractivity contribution in [2.24, 2.45) is 0 Å². The fourth-order valence-electron chi connectivity index (χ4n) is 2.23. The second kappa shape index (κ2) is 6.32. The van der Waals surface area contributed by atoms with E-state index in [2.05, 4.69) is 15.6 Å². The number of carbonyl (C=O) groups excluding carboxylic acids is 1. The fraction of sp³-hybridized carbons (Fsp3) is 0.538. The molecule has 20 heavy (non-hydrogen) atoms. The predicted molar refractivity (Wildman–Crippen MR) is 75.9 cm³/mol. The lowest BCUT2D eigenvalue weighted by molar-refractivity contribution is -0.122. The van der Waals surface area contributed by atoms with Crippen molar-refractivity contribution in [3.05, 3.63) is 30.1 Å². The molecule has 0 bridgehead atoms. The van der Waals surface area contributed by atoms with Crippen molar-refractivity contribution in [1.82, 2.24) is 15.6 Å². The van der Waals surface area contributed by atoms with Crippen molar-refractivity contribution < 1.29 is 13.2 Å². The third-order valence-corrected chi connectivity index (χ3v) is 4.98. The van der Waals surface area contributed by atoms with E-state index in [-0.39, 0.29) is 35.9 Å². The van der Waals surface area contributed by atoms with Gasteiger partial charge in [0.25, 0.3) is 0 Å². The lowest BCUT2D eigenvalue weighted by atomic mass is 10.1. The van der Waals surface area contributed by atoms with Crippen LogP contribution in [0.2, 0.25) is 0 Å². The van der Waals surface area contributed by atoms with Crippen molar-refractivity contribution >= 4 is 15.7 Å². The van der Waals surface area contributed by atoms with E-state index in [0.717, 1.165) is 5.69 Å². The number of amides is 1. The minimum absolute atomic E-state index is 0.0262. The molecule has 2 rings (SSSR count). The Kier molecular flexibility index (Phi) is 4.72. The molecule has 1 aliphatic rings. The number of aromatic nitrogens is 1. The second-order valence-corrected chi connectivity index (χ2v) is 7.24. The van der Waals surface area contributed by atoms with E-state index >= 15 is 0 Å². The van der Waals surface area contributed by atoms with Gasteiger partial charge in [0.15, 0.2) is 9.84 Å². The summed E-state index contributed by atoms with van der Waals surface area (Å²) in [6.07, 6.45) is 1.84. The largest absolute Gasteiger partial charge is 0.348 e. The molecule has 2 N–H and O–H groups in total. The average molecular weight is 297 g/mol. The summed E-state index contributed by atoms with van der Waals surface area (Å²) in [6.45, 7) is 2.27. The highest BCUT2D eigenvalue weighted by Crippen LogP contribution is 2.10. The molecule has 1 aromatic rings. The SMILES string of the molecule is C[C@H](NC(=O)CC1CS(=O)(=O)CCN1)c1ccccn1. The van der Waals surface area contributed by atoms with E-state index in [1.54, 1.807) is 6.20 Å². The second-order valence-electron chi connectivity index (χ2n) is 5.01. The molecule has 0 aliphatic carbocycles. The number of hydrogen-bond acceptors (Lipinski definition) is 5.